The van der Waals surface area contributed by atoms with Crippen LogP contribution in [0.25, 0.3) is 10.9 Å². The van der Waals surface area contributed by atoms with Gasteiger partial charge in [0.1, 0.15) is 11.5 Å². The van der Waals surface area contributed by atoms with Crippen molar-refractivity contribution >= 4 is 20.9 Å². The molecule has 0 N–H and O–H groups in total. The average molecular weight is 458 g/mol. The lowest BCUT2D eigenvalue weighted by Crippen LogP contribution is -2.44. The van der Waals surface area contributed by atoms with E-state index in [1.807, 2.05) is 38.1 Å². The minimum atomic E-state index is -3.79. The van der Waals surface area contributed by atoms with Crippen molar-refractivity contribution < 1.29 is 17.9 Å². The van der Waals surface area contributed by atoms with Gasteiger partial charge in [-0.05, 0) is 69.4 Å². The molecule has 0 atom stereocenters. The number of piperazine rings is 1. The number of benzene rings is 2. The average Bonchev–Trinajstić information content (AvgIpc) is 3.12. The van der Waals surface area contributed by atoms with Gasteiger partial charge in [0.25, 0.3) is 10.0 Å². The fourth-order valence-electron chi connectivity index (χ4n) is 4.05. The van der Waals surface area contributed by atoms with E-state index in [-0.39, 0.29) is 11.0 Å². The van der Waals surface area contributed by atoms with Crippen molar-refractivity contribution in [1.82, 2.24) is 13.8 Å². The Hall–Kier alpha value is -2.55. The third-order valence-corrected chi connectivity index (χ3v) is 7.53. The molecule has 1 aromatic heterocycles. The monoisotopic (exact) mass is 457 g/mol. The fraction of sp³-hybridized carbons (Fsp3) is 0.417. The summed E-state index contributed by atoms with van der Waals surface area (Å²) in [6.07, 6.45) is 0.0439. The van der Waals surface area contributed by atoms with E-state index >= 15 is 0 Å². The molecule has 172 valence electrons. The van der Waals surface area contributed by atoms with E-state index in [4.69, 9.17) is 9.47 Å². The predicted molar refractivity (Wildman–Crippen MR) is 126 cm³/mol. The highest BCUT2D eigenvalue weighted by Gasteiger charge is 2.25. The van der Waals surface area contributed by atoms with Gasteiger partial charge in [0.2, 0.25) is 0 Å². The minimum absolute atomic E-state index is 0.0439. The van der Waals surface area contributed by atoms with Crippen LogP contribution in [-0.2, 0) is 16.6 Å². The summed E-state index contributed by atoms with van der Waals surface area (Å²) in [4.78, 5) is 4.83. The lowest BCUT2D eigenvalue weighted by Gasteiger charge is -2.32. The van der Waals surface area contributed by atoms with Crippen LogP contribution in [0.3, 0.4) is 0 Å². The largest absolute Gasteiger partial charge is 0.497 e. The second-order valence-electron chi connectivity index (χ2n) is 8.55. The van der Waals surface area contributed by atoms with Crippen LogP contribution in [0.1, 0.15) is 19.5 Å². The van der Waals surface area contributed by atoms with Crippen LogP contribution in [0.2, 0.25) is 0 Å². The lowest BCUT2D eigenvalue weighted by atomic mass is 10.2. The van der Waals surface area contributed by atoms with Gasteiger partial charge in [-0.3, -0.25) is 4.90 Å². The lowest BCUT2D eigenvalue weighted by molar-refractivity contribution is 0.147. The highest BCUT2D eigenvalue weighted by atomic mass is 32.2. The molecule has 2 heterocycles. The molecule has 3 aromatic rings. The first-order valence-corrected chi connectivity index (χ1v) is 12.3. The van der Waals surface area contributed by atoms with E-state index in [1.54, 1.807) is 31.4 Å². The van der Waals surface area contributed by atoms with Crippen molar-refractivity contribution in [2.45, 2.75) is 31.4 Å². The van der Waals surface area contributed by atoms with Gasteiger partial charge in [0.05, 0.1) is 23.6 Å². The Bertz CT molecular complexity index is 1180. The van der Waals surface area contributed by atoms with Gasteiger partial charge >= 0.3 is 0 Å². The van der Waals surface area contributed by atoms with E-state index in [0.717, 1.165) is 43.0 Å². The predicted octanol–water partition coefficient (Wildman–Crippen LogP) is 3.42. The highest BCUT2D eigenvalue weighted by molar-refractivity contribution is 7.90. The van der Waals surface area contributed by atoms with Crippen molar-refractivity contribution in [2.75, 3.05) is 40.3 Å². The number of aromatic nitrogens is 1. The standard InChI is InChI=1S/C24H31N3O4S/c1-18(2)31-22-7-10-24-19(16-22)15-20(17-26-13-11-25(3)12-14-26)27(24)32(28,29)23-8-5-21(30-4)6-9-23/h5-10,15-16,18H,11-14,17H2,1-4H3. The molecule has 1 aliphatic rings. The maximum atomic E-state index is 13.7. The van der Waals surface area contributed by atoms with Crippen LogP contribution < -0.4 is 9.47 Å². The molecule has 0 radical (unpaired) electrons. The van der Waals surface area contributed by atoms with Crippen LogP contribution in [0.4, 0.5) is 0 Å². The molecule has 7 nitrogen and oxygen atoms in total. The first-order chi connectivity index (χ1) is 15.3. The molecule has 2 aromatic carbocycles. The first kappa shape index (κ1) is 22.6. The van der Waals surface area contributed by atoms with E-state index in [2.05, 4.69) is 16.8 Å². The summed E-state index contributed by atoms with van der Waals surface area (Å²) in [5.41, 5.74) is 1.41. The molecule has 1 saturated heterocycles. The Kier molecular flexibility index (Phi) is 6.46. The molecular formula is C24H31N3O4S. The maximum absolute atomic E-state index is 13.7. The van der Waals surface area contributed by atoms with Crippen LogP contribution in [0.15, 0.2) is 53.4 Å². The second-order valence-corrected chi connectivity index (χ2v) is 10.3. The van der Waals surface area contributed by atoms with Gasteiger partial charge in [-0.1, -0.05) is 0 Å². The number of methoxy groups -OCH3 is 1. The van der Waals surface area contributed by atoms with E-state index in [9.17, 15) is 8.42 Å². The molecule has 0 bridgehead atoms. The summed E-state index contributed by atoms with van der Waals surface area (Å²) in [5.74, 6) is 1.35. The first-order valence-electron chi connectivity index (χ1n) is 10.9. The molecular weight excluding hydrogens is 426 g/mol. The number of likely N-dealkylation sites (N-methyl/N-ethyl adjacent to an activating group) is 1. The molecule has 0 amide bonds. The van der Waals surface area contributed by atoms with Gasteiger partial charge in [-0.15, -0.1) is 0 Å². The molecule has 32 heavy (non-hydrogen) atoms. The van der Waals surface area contributed by atoms with E-state index in [1.165, 1.54) is 3.97 Å². The zero-order valence-corrected chi connectivity index (χ0v) is 19.9. The number of hydrogen-bond donors (Lipinski definition) is 0. The van der Waals surface area contributed by atoms with Crippen LogP contribution in [0.5, 0.6) is 11.5 Å². The SMILES string of the molecule is COc1ccc(S(=O)(=O)n2c(CN3CCN(C)CC3)cc3cc(OC(C)C)ccc32)cc1. The Labute approximate surface area is 190 Å². The summed E-state index contributed by atoms with van der Waals surface area (Å²) in [5, 5.41) is 0.851. The topological polar surface area (TPSA) is 64.0 Å². The van der Waals surface area contributed by atoms with Crippen molar-refractivity contribution in [2.24, 2.45) is 0 Å². The number of fused-ring (bicyclic) bond motifs is 1. The Morgan fingerprint density at radius 2 is 1.59 bits per heavy atom. The maximum Gasteiger partial charge on any atom is 0.268 e. The zero-order valence-electron chi connectivity index (χ0n) is 19.1. The Balaban J connectivity index is 1.79. The third-order valence-electron chi connectivity index (χ3n) is 5.75. The number of nitrogens with zero attached hydrogens (tertiary/aromatic N) is 3. The Morgan fingerprint density at radius 3 is 2.22 bits per heavy atom. The van der Waals surface area contributed by atoms with Gasteiger partial charge in [0, 0.05) is 43.8 Å². The molecule has 1 aliphatic heterocycles. The van der Waals surface area contributed by atoms with Gasteiger partial charge in [0.15, 0.2) is 0 Å². The van der Waals surface area contributed by atoms with Crippen molar-refractivity contribution in [3.05, 3.63) is 54.2 Å². The normalized spacial score (nSPS) is 16.0. The summed E-state index contributed by atoms with van der Waals surface area (Å²) < 4.78 is 40.0. The van der Waals surface area contributed by atoms with Gasteiger partial charge < -0.3 is 14.4 Å². The summed E-state index contributed by atoms with van der Waals surface area (Å²) in [7, 11) is -0.119. The third kappa shape index (κ3) is 4.62. The zero-order chi connectivity index (χ0) is 22.9. The minimum Gasteiger partial charge on any atom is -0.497 e. The van der Waals surface area contributed by atoms with Crippen LogP contribution >= 0.6 is 0 Å². The van der Waals surface area contributed by atoms with Crippen molar-refractivity contribution in [1.29, 1.82) is 0 Å². The quantitative estimate of drug-likeness (QED) is 0.542. The van der Waals surface area contributed by atoms with Crippen molar-refractivity contribution in [3.8, 4) is 11.5 Å². The number of rotatable bonds is 7. The second kappa shape index (κ2) is 9.13. The van der Waals surface area contributed by atoms with Crippen molar-refractivity contribution in [3.63, 3.8) is 0 Å². The molecule has 8 heteroatoms. The molecule has 1 fully saturated rings. The number of ether oxygens (including phenoxy) is 2. The molecule has 0 aliphatic carbocycles. The Morgan fingerprint density at radius 1 is 0.938 bits per heavy atom. The molecule has 0 saturated carbocycles. The van der Waals surface area contributed by atoms with E-state index in [0.29, 0.717) is 17.8 Å². The smallest absolute Gasteiger partial charge is 0.268 e. The molecule has 0 spiro atoms. The van der Waals surface area contributed by atoms with Gasteiger partial charge in [-0.25, -0.2) is 12.4 Å². The molecule has 0 unspecified atom stereocenters. The summed E-state index contributed by atoms with van der Waals surface area (Å²) >= 11 is 0. The highest BCUT2D eigenvalue weighted by Crippen LogP contribution is 2.30. The number of hydrogen-bond acceptors (Lipinski definition) is 6. The summed E-state index contributed by atoms with van der Waals surface area (Å²) in [6, 6.07) is 14.1. The van der Waals surface area contributed by atoms with Crippen LogP contribution in [0, 0.1) is 0 Å². The fourth-order valence-corrected chi connectivity index (χ4v) is 5.59. The van der Waals surface area contributed by atoms with Gasteiger partial charge in [-0.2, -0.15) is 0 Å². The van der Waals surface area contributed by atoms with E-state index < -0.39 is 10.0 Å². The van der Waals surface area contributed by atoms with Crippen LogP contribution in [-0.4, -0.2) is 68.6 Å². The summed E-state index contributed by atoms with van der Waals surface area (Å²) in [6.45, 7) is 8.27. The molecule has 4 rings (SSSR count).